The summed E-state index contributed by atoms with van der Waals surface area (Å²) >= 11 is 5.96. The number of hydrogen-bond donors (Lipinski definition) is 0. The van der Waals surface area contributed by atoms with Crippen molar-refractivity contribution >= 4 is 23.4 Å². The van der Waals surface area contributed by atoms with Gasteiger partial charge in [-0.25, -0.2) is 4.79 Å². The third kappa shape index (κ3) is 1.68. The van der Waals surface area contributed by atoms with Crippen molar-refractivity contribution in [3.63, 3.8) is 0 Å². The third-order valence-electron chi connectivity index (χ3n) is 3.04. The zero-order chi connectivity index (χ0) is 13.6. The normalized spacial score (nSPS) is 12.2. The molecule has 1 aromatic carbocycles. The lowest BCUT2D eigenvalue weighted by molar-refractivity contribution is 0.0517. The molecular weight excluding hydrogens is 266 g/mol. The van der Waals surface area contributed by atoms with Crippen LogP contribution >= 0.6 is 11.6 Å². The molecule has 0 saturated heterocycles. The Morgan fingerprint density at radius 3 is 2.84 bits per heavy atom. The lowest BCUT2D eigenvalue weighted by Gasteiger charge is -2.07. The van der Waals surface area contributed by atoms with Gasteiger partial charge in [0, 0.05) is 10.6 Å². The largest absolute Gasteiger partial charge is 0.461 e. The summed E-state index contributed by atoms with van der Waals surface area (Å²) in [4.78, 5) is 24.1. The second-order valence-electron chi connectivity index (χ2n) is 4.15. The molecule has 2 heterocycles. The highest BCUT2D eigenvalue weighted by Gasteiger charge is 2.31. The smallest absolute Gasteiger partial charge is 0.355 e. The number of esters is 1. The fourth-order valence-electron chi connectivity index (χ4n) is 2.26. The van der Waals surface area contributed by atoms with Crippen molar-refractivity contribution in [2.75, 3.05) is 6.61 Å². The van der Waals surface area contributed by atoms with Crippen molar-refractivity contribution in [1.82, 2.24) is 4.57 Å². The minimum absolute atomic E-state index is 0.109. The van der Waals surface area contributed by atoms with Gasteiger partial charge in [-0.15, -0.1) is 0 Å². The van der Waals surface area contributed by atoms with E-state index in [0.29, 0.717) is 27.7 Å². The summed E-state index contributed by atoms with van der Waals surface area (Å²) < 4.78 is 6.59. The molecule has 3 rings (SSSR count). The van der Waals surface area contributed by atoms with Crippen LogP contribution in [-0.4, -0.2) is 22.9 Å². The van der Waals surface area contributed by atoms with Crippen LogP contribution in [0.4, 0.5) is 0 Å². The molecule has 2 aromatic rings. The van der Waals surface area contributed by atoms with Gasteiger partial charge in [0.2, 0.25) is 5.78 Å². The summed E-state index contributed by atoms with van der Waals surface area (Å²) in [6.07, 6.45) is 0. The maximum Gasteiger partial charge on any atom is 0.355 e. The SMILES string of the molecule is CCOC(=O)c1ccc2n1-c1cc(Cl)ccc1C2=O. The molecule has 1 aromatic heterocycles. The van der Waals surface area contributed by atoms with E-state index >= 15 is 0 Å². The number of nitrogens with zero attached hydrogens (tertiary/aromatic N) is 1. The molecule has 0 bridgehead atoms. The van der Waals surface area contributed by atoms with Crippen molar-refractivity contribution in [1.29, 1.82) is 0 Å². The van der Waals surface area contributed by atoms with Crippen LogP contribution < -0.4 is 0 Å². The predicted molar refractivity (Wildman–Crippen MR) is 70.2 cm³/mol. The van der Waals surface area contributed by atoms with Crippen LogP contribution in [-0.2, 0) is 4.74 Å². The Balaban J connectivity index is 2.21. The highest BCUT2D eigenvalue weighted by molar-refractivity contribution is 6.31. The third-order valence-corrected chi connectivity index (χ3v) is 3.28. The van der Waals surface area contributed by atoms with Crippen molar-refractivity contribution in [2.45, 2.75) is 6.92 Å². The number of ether oxygens (including phenoxy) is 1. The molecule has 0 N–H and O–H groups in total. The van der Waals surface area contributed by atoms with Gasteiger partial charge in [0.05, 0.1) is 18.0 Å². The van der Waals surface area contributed by atoms with E-state index in [1.165, 1.54) is 0 Å². The van der Waals surface area contributed by atoms with Crippen LogP contribution in [0.15, 0.2) is 30.3 Å². The van der Waals surface area contributed by atoms with Crippen LogP contribution in [0.5, 0.6) is 0 Å². The zero-order valence-electron chi connectivity index (χ0n) is 10.1. The summed E-state index contributed by atoms with van der Waals surface area (Å²) in [7, 11) is 0. The number of fused-ring (bicyclic) bond motifs is 3. The molecule has 0 unspecified atom stereocenters. The molecule has 1 aliphatic rings. The van der Waals surface area contributed by atoms with E-state index in [2.05, 4.69) is 0 Å². The highest BCUT2D eigenvalue weighted by atomic mass is 35.5. The van der Waals surface area contributed by atoms with E-state index in [1.54, 1.807) is 41.8 Å². The summed E-state index contributed by atoms with van der Waals surface area (Å²) in [6.45, 7) is 2.03. The van der Waals surface area contributed by atoms with E-state index in [4.69, 9.17) is 16.3 Å². The fraction of sp³-hybridized carbons (Fsp3) is 0.143. The number of benzene rings is 1. The molecule has 0 aliphatic carbocycles. The van der Waals surface area contributed by atoms with Crippen molar-refractivity contribution < 1.29 is 14.3 Å². The first-order valence-corrected chi connectivity index (χ1v) is 6.24. The molecule has 0 amide bonds. The van der Waals surface area contributed by atoms with Gasteiger partial charge in [0.25, 0.3) is 0 Å². The number of carbonyl (C=O) groups excluding carboxylic acids is 2. The van der Waals surface area contributed by atoms with E-state index < -0.39 is 5.97 Å². The number of aromatic nitrogens is 1. The lowest BCUT2D eigenvalue weighted by atomic mass is 10.1. The Kier molecular flexibility index (Phi) is 2.68. The average molecular weight is 276 g/mol. The van der Waals surface area contributed by atoms with Gasteiger partial charge in [-0.3, -0.25) is 9.36 Å². The first-order valence-electron chi connectivity index (χ1n) is 5.87. The molecule has 0 saturated carbocycles. The number of carbonyl (C=O) groups is 2. The zero-order valence-corrected chi connectivity index (χ0v) is 10.9. The Bertz CT molecular complexity index is 703. The number of halogens is 1. The summed E-state index contributed by atoms with van der Waals surface area (Å²) in [6, 6.07) is 8.22. The van der Waals surface area contributed by atoms with Gasteiger partial charge in [-0.05, 0) is 37.3 Å². The van der Waals surface area contributed by atoms with Crippen molar-refractivity contribution in [3.8, 4) is 5.69 Å². The van der Waals surface area contributed by atoms with Crippen LogP contribution in [0.3, 0.4) is 0 Å². The summed E-state index contributed by atoms with van der Waals surface area (Å²) in [5.41, 5.74) is 1.97. The second kappa shape index (κ2) is 4.24. The molecule has 0 radical (unpaired) electrons. The molecule has 5 heteroatoms. The first-order chi connectivity index (χ1) is 9.13. The maximum atomic E-state index is 12.2. The Morgan fingerprint density at radius 2 is 2.11 bits per heavy atom. The molecule has 1 aliphatic heterocycles. The topological polar surface area (TPSA) is 48.3 Å². The Labute approximate surface area is 114 Å². The van der Waals surface area contributed by atoms with E-state index in [1.807, 2.05) is 0 Å². The number of hydrogen-bond acceptors (Lipinski definition) is 3. The summed E-state index contributed by atoms with van der Waals surface area (Å²) in [5, 5.41) is 0.517. The number of ketones is 1. The minimum atomic E-state index is -0.450. The maximum absolute atomic E-state index is 12.2. The van der Waals surface area contributed by atoms with Gasteiger partial charge in [0.15, 0.2) is 0 Å². The van der Waals surface area contributed by atoms with E-state index in [-0.39, 0.29) is 12.4 Å². The van der Waals surface area contributed by atoms with Crippen molar-refractivity contribution in [2.24, 2.45) is 0 Å². The number of rotatable bonds is 2. The van der Waals surface area contributed by atoms with Crippen LogP contribution in [0.1, 0.15) is 33.5 Å². The van der Waals surface area contributed by atoms with Gasteiger partial charge in [0.1, 0.15) is 5.69 Å². The molecule has 96 valence electrons. The van der Waals surface area contributed by atoms with Gasteiger partial charge >= 0.3 is 5.97 Å². The molecule has 0 spiro atoms. The molecule has 19 heavy (non-hydrogen) atoms. The van der Waals surface area contributed by atoms with Gasteiger partial charge in [-0.1, -0.05) is 11.6 Å². The lowest BCUT2D eigenvalue weighted by Crippen LogP contribution is -2.10. The van der Waals surface area contributed by atoms with Gasteiger partial charge in [-0.2, -0.15) is 0 Å². The van der Waals surface area contributed by atoms with Crippen molar-refractivity contribution in [3.05, 3.63) is 52.3 Å². The highest BCUT2D eigenvalue weighted by Crippen LogP contribution is 2.32. The fourth-order valence-corrected chi connectivity index (χ4v) is 2.42. The second-order valence-corrected chi connectivity index (χ2v) is 4.59. The standard InChI is InChI=1S/C14H10ClNO3/c1-2-19-14(18)11-6-5-10-13(17)9-4-3-8(15)7-12(9)16(10)11/h3-7H,2H2,1H3. The molecule has 4 nitrogen and oxygen atoms in total. The Hall–Kier alpha value is -2.07. The molecule has 0 atom stereocenters. The Morgan fingerprint density at radius 1 is 1.32 bits per heavy atom. The quantitative estimate of drug-likeness (QED) is 0.676. The molecular formula is C14H10ClNO3. The van der Waals surface area contributed by atoms with Crippen LogP contribution in [0.25, 0.3) is 5.69 Å². The monoisotopic (exact) mass is 275 g/mol. The minimum Gasteiger partial charge on any atom is -0.461 e. The van der Waals surface area contributed by atoms with E-state index in [9.17, 15) is 9.59 Å². The van der Waals surface area contributed by atoms with Crippen LogP contribution in [0, 0.1) is 0 Å². The van der Waals surface area contributed by atoms with Gasteiger partial charge < -0.3 is 4.74 Å². The molecule has 0 fully saturated rings. The first kappa shape index (κ1) is 12.0. The van der Waals surface area contributed by atoms with E-state index in [0.717, 1.165) is 0 Å². The average Bonchev–Trinajstić information content (AvgIpc) is 2.91. The van der Waals surface area contributed by atoms with Crippen LogP contribution in [0.2, 0.25) is 5.02 Å². The summed E-state index contributed by atoms with van der Waals surface area (Å²) in [5.74, 6) is -0.559. The predicted octanol–water partition coefficient (Wildman–Crippen LogP) is 2.85.